The Morgan fingerprint density at radius 3 is 2.53 bits per heavy atom. The normalized spacial score (nSPS) is 15.7. The maximum absolute atomic E-state index is 12.5. The Balaban J connectivity index is 1.95. The minimum Gasteiger partial charge on any atom is -0.397 e. The second-order valence-corrected chi connectivity index (χ2v) is 4.73. The fourth-order valence-electron chi connectivity index (χ4n) is 2.01. The molecule has 100 valence electrons. The Labute approximate surface area is 107 Å². The summed E-state index contributed by atoms with van der Waals surface area (Å²) in [4.78, 5) is 0. The van der Waals surface area contributed by atoms with Crippen molar-refractivity contribution in [3.63, 3.8) is 0 Å². The van der Waals surface area contributed by atoms with Crippen LogP contribution in [0, 0.1) is 0 Å². The number of nitrogens with zero attached hydrogens (tertiary/aromatic N) is 2. The van der Waals surface area contributed by atoms with Crippen molar-refractivity contribution < 1.29 is 13.2 Å². The van der Waals surface area contributed by atoms with Crippen LogP contribution in [0.5, 0.6) is 0 Å². The molecule has 0 bridgehead atoms. The van der Waals surface area contributed by atoms with Crippen molar-refractivity contribution in [1.82, 2.24) is 9.78 Å². The number of anilines is 1. The highest BCUT2D eigenvalue weighted by atomic mass is 19.4. The molecule has 1 aliphatic rings. The number of rotatable bonds is 2. The van der Waals surface area contributed by atoms with Gasteiger partial charge >= 0.3 is 6.18 Å². The summed E-state index contributed by atoms with van der Waals surface area (Å²) in [7, 11) is 0. The fourth-order valence-corrected chi connectivity index (χ4v) is 2.01. The van der Waals surface area contributed by atoms with Gasteiger partial charge in [0.25, 0.3) is 0 Å². The third-order valence-corrected chi connectivity index (χ3v) is 3.21. The van der Waals surface area contributed by atoms with Gasteiger partial charge in [-0.1, -0.05) is 0 Å². The second-order valence-electron chi connectivity index (χ2n) is 4.73. The van der Waals surface area contributed by atoms with Crippen LogP contribution in [0.15, 0.2) is 30.5 Å². The standard InChI is InChI=1S/C13H12F3N3/c14-13(15,16)9-3-4-12(10(17)7-9)19-6-5-11(18-19)8-1-2-8/h3-8H,1-2,17H2. The van der Waals surface area contributed by atoms with Gasteiger partial charge in [-0.25, -0.2) is 4.68 Å². The molecule has 0 aliphatic heterocycles. The first-order valence-corrected chi connectivity index (χ1v) is 5.98. The zero-order valence-electron chi connectivity index (χ0n) is 9.98. The van der Waals surface area contributed by atoms with E-state index in [2.05, 4.69) is 5.10 Å². The molecule has 0 unspecified atom stereocenters. The van der Waals surface area contributed by atoms with Crippen molar-refractivity contribution >= 4 is 5.69 Å². The number of benzene rings is 1. The molecule has 6 heteroatoms. The summed E-state index contributed by atoms with van der Waals surface area (Å²) in [5.74, 6) is 0.497. The molecule has 0 spiro atoms. The van der Waals surface area contributed by atoms with Crippen LogP contribution in [-0.4, -0.2) is 9.78 Å². The average molecular weight is 267 g/mol. The number of nitrogens with two attached hydrogens (primary N) is 1. The van der Waals surface area contributed by atoms with Gasteiger partial charge in [0.05, 0.1) is 22.6 Å². The third-order valence-electron chi connectivity index (χ3n) is 3.21. The second kappa shape index (κ2) is 4.01. The number of hydrogen-bond acceptors (Lipinski definition) is 2. The highest BCUT2D eigenvalue weighted by molar-refractivity contribution is 5.59. The molecular weight excluding hydrogens is 255 g/mol. The minimum absolute atomic E-state index is 0.0697. The summed E-state index contributed by atoms with van der Waals surface area (Å²) >= 11 is 0. The van der Waals surface area contributed by atoms with Crippen molar-refractivity contribution in [3.8, 4) is 5.69 Å². The first-order valence-electron chi connectivity index (χ1n) is 5.98. The molecule has 1 heterocycles. The quantitative estimate of drug-likeness (QED) is 0.848. The maximum Gasteiger partial charge on any atom is 0.416 e. The fraction of sp³-hybridized carbons (Fsp3) is 0.308. The van der Waals surface area contributed by atoms with E-state index < -0.39 is 11.7 Å². The SMILES string of the molecule is Nc1cc(C(F)(F)F)ccc1-n1ccc(C2CC2)n1. The molecule has 0 radical (unpaired) electrons. The third kappa shape index (κ3) is 2.30. The van der Waals surface area contributed by atoms with Crippen molar-refractivity contribution in [3.05, 3.63) is 41.7 Å². The van der Waals surface area contributed by atoms with E-state index in [1.807, 2.05) is 6.07 Å². The number of nitrogen functional groups attached to an aromatic ring is 1. The Morgan fingerprint density at radius 2 is 1.95 bits per heavy atom. The first kappa shape index (κ1) is 12.1. The van der Waals surface area contributed by atoms with Crippen LogP contribution in [0.3, 0.4) is 0 Å². The summed E-state index contributed by atoms with van der Waals surface area (Å²) in [5.41, 5.74) is 6.46. The Hall–Kier alpha value is -1.98. The minimum atomic E-state index is -4.38. The Kier molecular flexibility index (Phi) is 2.55. The van der Waals surface area contributed by atoms with Gasteiger partial charge in [-0.3, -0.25) is 0 Å². The van der Waals surface area contributed by atoms with Crippen molar-refractivity contribution in [2.45, 2.75) is 24.9 Å². The largest absolute Gasteiger partial charge is 0.416 e. The van der Waals surface area contributed by atoms with Crippen molar-refractivity contribution in [1.29, 1.82) is 0 Å². The molecule has 1 saturated carbocycles. The predicted octanol–water partition coefficient (Wildman–Crippen LogP) is 3.35. The highest BCUT2D eigenvalue weighted by Gasteiger charge is 2.31. The molecule has 2 aromatic rings. The molecule has 0 amide bonds. The number of alkyl halides is 3. The van der Waals surface area contributed by atoms with E-state index in [1.54, 1.807) is 6.20 Å². The van der Waals surface area contributed by atoms with E-state index in [-0.39, 0.29) is 5.69 Å². The summed E-state index contributed by atoms with van der Waals surface area (Å²) in [5, 5.41) is 4.35. The molecule has 0 atom stereocenters. The maximum atomic E-state index is 12.5. The monoisotopic (exact) mass is 267 g/mol. The number of hydrogen-bond donors (Lipinski definition) is 1. The zero-order chi connectivity index (χ0) is 13.6. The van der Waals surface area contributed by atoms with Crippen LogP contribution in [0.1, 0.15) is 30.0 Å². The van der Waals surface area contributed by atoms with Crippen molar-refractivity contribution in [2.75, 3.05) is 5.73 Å². The van der Waals surface area contributed by atoms with Gasteiger partial charge in [0.2, 0.25) is 0 Å². The lowest BCUT2D eigenvalue weighted by Gasteiger charge is -2.10. The van der Waals surface area contributed by atoms with Gasteiger partial charge in [-0.15, -0.1) is 0 Å². The predicted molar refractivity (Wildman–Crippen MR) is 65.0 cm³/mol. The smallest absolute Gasteiger partial charge is 0.397 e. The van der Waals surface area contributed by atoms with E-state index in [1.165, 1.54) is 10.7 Å². The molecule has 1 aromatic carbocycles. The summed E-state index contributed by atoms with van der Waals surface area (Å²) in [6.07, 6.45) is -0.401. The van der Waals surface area contributed by atoms with Gasteiger partial charge in [-0.2, -0.15) is 18.3 Å². The topological polar surface area (TPSA) is 43.8 Å². The van der Waals surface area contributed by atoms with Gasteiger partial charge < -0.3 is 5.73 Å². The molecule has 19 heavy (non-hydrogen) atoms. The van der Waals surface area contributed by atoms with Gasteiger partial charge in [0.1, 0.15) is 0 Å². The summed E-state index contributed by atoms with van der Waals surface area (Å²) in [6.45, 7) is 0. The van der Waals surface area contributed by atoms with E-state index in [9.17, 15) is 13.2 Å². The van der Waals surface area contributed by atoms with Crippen LogP contribution < -0.4 is 5.73 Å². The number of halogens is 3. The van der Waals surface area contributed by atoms with Gasteiger partial charge in [0.15, 0.2) is 0 Å². The molecular formula is C13H12F3N3. The van der Waals surface area contributed by atoms with Crippen LogP contribution in [0.25, 0.3) is 5.69 Å². The molecule has 3 rings (SSSR count). The van der Waals surface area contributed by atoms with E-state index >= 15 is 0 Å². The summed E-state index contributed by atoms with van der Waals surface area (Å²) < 4.78 is 39.2. The van der Waals surface area contributed by atoms with E-state index in [4.69, 9.17) is 5.73 Å². The number of aromatic nitrogens is 2. The Morgan fingerprint density at radius 1 is 1.21 bits per heavy atom. The lowest BCUT2D eigenvalue weighted by Crippen LogP contribution is -2.08. The van der Waals surface area contributed by atoms with Gasteiger partial charge in [-0.05, 0) is 37.1 Å². The van der Waals surface area contributed by atoms with Crippen LogP contribution in [0.4, 0.5) is 18.9 Å². The van der Waals surface area contributed by atoms with Crippen LogP contribution >= 0.6 is 0 Å². The van der Waals surface area contributed by atoms with Crippen molar-refractivity contribution in [2.24, 2.45) is 0 Å². The molecule has 1 aromatic heterocycles. The Bertz CT molecular complexity index is 612. The molecule has 1 aliphatic carbocycles. The van der Waals surface area contributed by atoms with Gasteiger partial charge in [0, 0.05) is 12.1 Å². The lowest BCUT2D eigenvalue weighted by atomic mass is 10.1. The molecule has 3 nitrogen and oxygen atoms in total. The van der Waals surface area contributed by atoms with E-state index in [0.717, 1.165) is 30.7 Å². The van der Waals surface area contributed by atoms with Crippen LogP contribution in [0.2, 0.25) is 0 Å². The highest BCUT2D eigenvalue weighted by Crippen LogP contribution is 2.39. The molecule has 0 saturated heterocycles. The average Bonchev–Trinajstić information content (AvgIpc) is 3.07. The molecule has 2 N–H and O–H groups in total. The summed E-state index contributed by atoms with van der Waals surface area (Å²) in [6, 6.07) is 5.19. The van der Waals surface area contributed by atoms with E-state index in [0.29, 0.717) is 11.6 Å². The molecule has 1 fully saturated rings. The zero-order valence-corrected chi connectivity index (χ0v) is 9.98. The lowest BCUT2D eigenvalue weighted by molar-refractivity contribution is -0.137. The van der Waals surface area contributed by atoms with Crippen LogP contribution in [-0.2, 0) is 6.18 Å². The first-order chi connectivity index (χ1) is 8.95.